The Morgan fingerprint density at radius 1 is 0.551 bits per heavy atom. The summed E-state index contributed by atoms with van der Waals surface area (Å²) >= 11 is 0. The van der Waals surface area contributed by atoms with E-state index in [4.69, 9.17) is 11.5 Å². The van der Waals surface area contributed by atoms with Crippen molar-refractivity contribution in [2.45, 2.75) is 22.9 Å². The predicted molar refractivity (Wildman–Crippen MR) is 183 cm³/mol. The summed E-state index contributed by atoms with van der Waals surface area (Å²) in [6.07, 6.45) is 3.17. The van der Waals surface area contributed by atoms with Gasteiger partial charge in [0, 0.05) is 64.7 Å². The normalized spacial score (nSPS) is 11.4. The van der Waals surface area contributed by atoms with Gasteiger partial charge in [0.25, 0.3) is 20.0 Å². The van der Waals surface area contributed by atoms with Gasteiger partial charge in [-0.25, -0.2) is 27.7 Å². The molecule has 2 heterocycles. The number of pyridine rings is 2. The van der Waals surface area contributed by atoms with E-state index in [1.807, 2.05) is 12.1 Å². The van der Waals surface area contributed by atoms with Crippen LogP contribution in [0.3, 0.4) is 0 Å². The smallest absolute Gasteiger partial charge is 0.253 e. The third-order valence-electron chi connectivity index (χ3n) is 7.03. The minimum absolute atomic E-state index is 0. The van der Waals surface area contributed by atoms with E-state index in [2.05, 4.69) is 30.5 Å². The molecule has 0 saturated heterocycles. The third-order valence-corrected chi connectivity index (χ3v) is 9.64. The first kappa shape index (κ1) is 37.0. The molecule has 4 aromatic carbocycles. The van der Waals surface area contributed by atoms with Crippen LogP contribution in [0.5, 0.6) is 11.5 Å². The second kappa shape index (κ2) is 16.0. The van der Waals surface area contributed by atoms with Gasteiger partial charge in [0.15, 0.2) is 0 Å². The Morgan fingerprint density at radius 2 is 0.918 bits per heavy atom. The molecule has 14 nitrogen and oxygen atoms in total. The first-order chi connectivity index (χ1) is 22.9. The number of hydrogen-bond donors (Lipinski definition) is 8. The number of aromatic hydroxyl groups is 2. The summed E-state index contributed by atoms with van der Waals surface area (Å²) in [7, 11) is -7.38. The number of hydrazine groups is 2. The van der Waals surface area contributed by atoms with Gasteiger partial charge in [-0.3, -0.25) is 9.97 Å². The summed E-state index contributed by atoms with van der Waals surface area (Å²) in [6.45, 7) is 0.466. The van der Waals surface area contributed by atoms with Crippen LogP contribution in [-0.2, 0) is 50.2 Å². The summed E-state index contributed by atoms with van der Waals surface area (Å²) in [5, 5.41) is 21.1. The van der Waals surface area contributed by atoms with E-state index >= 15 is 0 Å². The molecule has 0 atom stereocenters. The number of benzene rings is 4. The van der Waals surface area contributed by atoms with E-state index in [-0.39, 0.29) is 51.4 Å². The van der Waals surface area contributed by atoms with Gasteiger partial charge < -0.3 is 21.7 Å². The van der Waals surface area contributed by atoms with Crippen LogP contribution in [0.25, 0.3) is 21.8 Å². The van der Waals surface area contributed by atoms with E-state index in [0.717, 1.165) is 21.9 Å². The second-order valence-corrected chi connectivity index (χ2v) is 13.7. The summed E-state index contributed by atoms with van der Waals surface area (Å²) in [4.78, 5) is 13.1. The number of fused-ring (bicyclic) bond motifs is 2. The molecule has 0 bridgehead atoms. The first-order valence-corrected chi connectivity index (χ1v) is 17.2. The Kier molecular flexibility index (Phi) is 12.1. The monoisotopic (exact) mass is 744 g/mol. The quantitative estimate of drug-likeness (QED) is 0.0575. The third kappa shape index (κ3) is 9.20. The molecule has 0 aliphatic heterocycles. The minimum atomic E-state index is -3.69. The van der Waals surface area contributed by atoms with Gasteiger partial charge in [0.2, 0.25) is 0 Å². The molecule has 256 valence electrons. The maximum absolute atomic E-state index is 12.2. The number of rotatable bonds is 10. The van der Waals surface area contributed by atoms with Gasteiger partial charge in [-0.05, 0) is 83.9 Å². The zero-order valence-electron chi connectivity index (χ0n) is 25.6. The van der Waals surface area contributed by atoms with Crippen molar-refractivity contribution in [2.24, 2.45) is 0 Å². The van der Waals surface area contributed by atoms with Crippen LogP contribution in [0.1, 0.15) is 11.1 Å². The Bertz CT molecular complexity index is 2110. The van der Waals surface area contributed by atoms with E-state index in [0.29, 0.717) is 22.4 Å². The number of phenols is 2. The van der Waals surface area contributed by atoms with Crippen molar-refractivity contribution in [3.05, 3.63) is 121 Å². The number of nitrogen functional groups attached to an aromatic ring is 2. The molecule has 0 spiro atoms. The van der Waals surface area contributed by atoms with E-state index in [1.165, 1.54) is 60.7 Å². The van der Waals surface area contributed by atoms with Crippen LogP contribution >= 0.6 is 0 Å². The molecule has 49 heavy (non-hydrogen) atoms. The van der Waals surface area contributed by atoms with Crippen LogP contribution in [0.15, 0.2) is 119 Å². The van der Waals surface area contributed by atoms with Gasteiger partial charge in [0.05, 0.1) is 9.79 Å². The van der Waals surface area contributed by atoms with Crippen LogP contribution < -0.4 is 32.0 Å². The van der Waals surface area contributed by atoms with E-state index < -0.39 is 20.0 Å². The molecule has 17 heteroatoms. The molecule has 10 N–H and O–H groups in total. The Hall–Kier alpha value is -4.84. The van der Waals surface area contributed by atoms with Crippen molar-refractivity contribution >= 4 is 53.2 Å². The Balaban J connectivity index is 0.000000216. The van der Waals surface area contributed by atoms with Gasteiger partial charge in [0.1, 0.15) is 22.5 Å². The summed E-state index contributed by atoms with van der Waals surface area (Å²) in [5.74, 6) is 0.161. The SMILES string of the molecule is Nc1ccc(S(=O)(=O)NNCc2ccc(O)c3ncccc23)cc1.Nc1ccc(S(=O)(=O)NNCc2ccc(O)c3ncccc23)cc1.[Fe]. The summed E-state index contributed by atoms with van der Waals surface area (Å²) in [6, 6.07) is 25.4. The Morgan fingerprint density at radius 3 is 1.29 bits per heavy atom. The van der Waals surface area contributed by atoms with Crippen molar-refractivity contribution in [1.82, 2.24) is 30.5 Å². The summed E-state index contributed by atoms with van der Waals surface area (Å²) < 4.78 is 48.7. The predicted octanol–water partition coefficient (Wildman–Crippen LogP) is 3.01. The van der Waals surface area contributed by atoms with Gasteiger partial charge in [-0.2, -0.15) is 0 Å². The molecule has 6 rings (SSSR count). The second-order valence-electron chi connectivity index (χ2n) is 10.3. The molecule has 6 aromatic rings. The van der Waals surface area contributed by atoms with Gasteiger partial charge in [-0.1, -0.05) is 24.3 Å². The number of nitrogens with two attached hydrogens (primary N) is 2. The van der Waals surface area contributed by atoms with E-state index in [1.54, 1.807) is 36.7 Å². The summed E-state index contributed by atoms with van der Waals surface area (Å²) in [5.41, 5.74) is 20.0. The molecule has 2 aromatic heterocycles. The topological polar surface area (TPSA) is 235 Å². The van der Waals surface area contributed by atoms with Crippen molar-refractivity contribution in [3.8, 4) is 11.5 Å². The Labute approximate surface area is 293 Å². The maximum atomic E-state index is 12.2. The largest absolute Gasteiger partial charge is 0.506 e. The molecular weight excluding hydrogens is 712 g/mol. The average molecular weight is 745 g/mol. The zero-order chi connectivity index (χ0) is 34.3. The van der Waals surface area contributed by atoms with Crippen LogP contribution in [0, 0.1) is 0 Å². The molecule has 0 fully saturated rings. The number of nitrogens with one attached hydrogen (secondary N) is 4. The van der Waals surface area contributed by atoms with Crippen molar-refractivity contribution < 1.29 is 44.1 Å². The zero-order valence-corrected chi connectivity index (χ0v) is 28.3. The van der Waals surface area contributed by atoms with Crippen LogP contribution in [0.2, 0.25) is 0 Å². The van der Waals surface area contributed by atoms with Crippen molar-refractivity contribution in [2.75, 3.05) is 11.5 Å². The number of phenolic OH excluding ortho intramolecular Hbond substituents is 2. The fraction of sp³-hybridized carbons (Fsp3) is 0.0625. The average Bonchev–Trinajstić information content (AvgIpc) is 3.08. The maximum Gasteiger partial charge on any atom is 0.253 e. The molecule has 0 unspecified atom stereocenters. The molecular formula is C32H32FeN8O6S2. The number of sulfonamides is 2. The van der Waals surface area contributed by atoms with Crippen molar-refractivity contribution in [1.29, 1.82) is 0 Å². The fourth-order valence-electron chi connectivity index (χ4n) is 4.61. The van der Waals surface area contributed by atoms with Crippen molar-refractivity contribution in [3.63, 3.8) is 0 Å². The number of aromatic nitrogens is 2. The number of hydrogen-bond acceptors (Lipinski definition) is 12. The van der Waals surface area contributed by atoms with Crippen LogP contribution in [0.4, 0.5) is 11.4 Å². The first-order valence-electron chi connectivity index (χ1n) is 14.3. The number of anilines is 2. The molecule has 0 aliphatic carbocycles. The van der Waals surface area contributed by atoms with Gasteiger partial charge >= 0.3 is 0 Å². The number of nitrogens with zero attached hydrogens (tertiary/aromatic N) is 2. The van der Waals surface area contributed by atoms with E-state index in [9.17, 15) is 27.0 Å². The van der Waals surface area contributed by atoms with Gasteiger partial charge in [-0.15, -0.1) is 9.66 Å². The molecule has 0 saturated carbocycles. The molecule has 0 aliphatic rings. The standard InChI is InChI=1S/2C16H16N4O3S.Fe/c2*17-12-4-6-13(7-5-12)24(22,23)20-19-10-11-3-8-15(21)16-14(11)2-1-9-18-16;/h2*1-9,19-21H,10,17H2;. The molecule has 0 radical (unpaired) electrons. The fourth-order valence-corrected chi connectivity index (χ4v) is 6.36. The minimum Gasteiger partial charge on any atom is -0.506 e. The van der Waals surface area contributed by atoms with Crippen LogP contribution in [-0.4, -0.2) is 37.0 Å². The molecule has 0 amide bonds.